The monoisotopic (exact) mass is 500 g/mol. The highest BCUT2D eigenvalue weighted by atomic mass is 35.5. The van der Waals surface area contributed by atoms with Crippen LogP contribution in [0, 0.1) is 11.7 Å². The lowest BCUT2D eigenvalue weighted by atomic mass is 9.99. The smallest absolute Gasteiger partial charge is 0.243 e. The summed E-state index contributed by atoms with van der Waals surface area (Å²) in [6.45, 7) is 0.951. The third kappa shape index (κ3) is 6.15. The summed E-state index contributed by atoms with van der Waals surface area (Å²) in [6.07, 6.45) is 1.26. The fraction of sp³-hybridized carbons (Fsp3) is 0.409. The van der Waals surface area contributed by atoms with Gasteiger partial charge in [0.25, 0.3) is 0 Å². The molecule has 1 fully saturated rings. The maximum atomic E-state index is 13.8. The Bertz CT molecular complexity index is 1010. The van der Waals surface area contributed by atoms with Crippen molar-refractivity contribution in [1.29, 1.82) is 0 Å². The molecule has 174 valence electrons. The fourth-order valence-corrected chi connectivity index (χ4v) is 6.23. The van der Waals surface area contributed by atoms with Crippen LogP contribution in [0.4, 0.5) is 4.39 Å². The van der Waals surface area contributed by atoms with Gasteiger partial charge in [-0.25, -0.2) is 12.8 Å². The summed E-state index contributed by atoms with van der Waals surface area (Å²) in [4.78, 5) is 12.8. The molecule has 6 nitrogen and oxygen atoms in total. The van der Waals surface area contributed by atoms with Crippen molar-refractivity contribution in [2.45, 2.75) is 23.5 Å². The maximum Gasteiger partial charge on any atom is 0.243 e. The first kappa shape index (κ1) is 24.8. The van der Waals surface area contributed by atoms with Crippen LogP contribution >= 0.6 is 23.4 Å². The molecule has 0 aliphatic carbocycles. The second-order valence-electron chi connectivity index (χ2n) is 7.42. The van der Waals surface area contributed by atoms with Gasteiger partial charge in [-0.2, -0.15) is 16.1 Å². The van der Waals surface area contributed by atoms with Crippen LogP contribution in [0.2, 0.25) is 5.02 Å². The van der Waals surface area contributed by atoms with Gasteiger partial charge in [0.05, 0.1) is 17.9 Å². The van der Waals surface area contributed by atoms with Gasteiger partial charge >= 0.3 is 0 Å². The van der Waals surface area contributed by atoms with Crippen molar-refractivity contribution in [3.05, 3.63) is 58.9 Å². The second kappa shape index (κ2) is 11.4. The number of piperidine rings is 1. The summed E-state index contributed by atoms with van der Waals surface area (Å²) in [5.74, 6) is 0.687. The molecule has 0 unspecified atom stereocenters. The highest BCUT2D eigenvalue weighted by molar-refractivity contribution is 7.98. The van der Waals surface area contributed by atoms with Crippen LogP contribution in [0.25, 0.3) is 0 Å². The highest BCUT2D eigenvalue weighted by Gasteiger charge is 2.33. The maximum absolute atomic E-state index is 13.8. The summed E-state index contributed by atoms with van der Waals surface area (Å²) >= 11 is 7.49. The summed E-state index contributed by atoms with van der Waals surface area (Å²) in [6, 6.07) is 10.8. The van der Waals surface area contributed by atoms with Crippen LogP contribution in [0.5, 0.6) is 5.75 Å². The number of sulfonamides is 1. The minimum absolute atomic E-state index is 0.151. The Kier molecular flexibility index (Phi) is 8.81. The summed E-state index contributed by atoms with van der Waals surface area (Å²) in [5, 5.41) is 3.26. The van der Waals surface area contributed by atoms with E-state index in [0.717, 1.165) is 0 Å². The number of ether oxygens (including phenoxy) is 1. The Balaban J connectivity index is 1.48. The van der Waals surface area contributed by atoms with Crippen LogP contribution < -0.4 is 10.1 Å². The number of halogens is 2. The minimum atomic E-state index is -3.68. The number of hydrogen-bond donors (Lipinski definition) is 1. The molecule has 3 rings (SSSR count). The number of hydrogen-bond acceptors (Lipinski definition) is 5. The largest absolute Gasteiger partial charge is 0.497 e. The molecule has 0 aromatic heterocycles. The molecule has 0 saturated carbocycles. The number of nitrogens with one attached hydrogen (secondary N) is 1. The number of carbonyl (C=O) groups excluding carboxylic acids is 1. The van der Waals surface area contributed by atoms with Gasteiger partial charge in [0.1, 0.15) is 11.6 Å². The molecule has 2 aromatic rings. The molecule has 1 saturated heterocycles. The average Bonchev–Trinajstić information content (AvgIpc) is 2.80. The lowest BCUT2D eigenvalue weighted by molar-refractivity contribution is -0.125. The molecule has 0 spiro atoms. The number of methoxy groups -OCH3 is 1. The van der Waals surface area contributed by atoms with Gasteiger partial charge < -0.3 is 10.1 Å². The van der Waals surface area contributed by atoms with Crippen LogP contribution in [0.3, 0.4) is 0 Å². The van der Waals surface area contributed by atoms with Crippen molar-refractivity contribution < 1.29 is 22.3 Å². The first-order valence-electron chi connectivity index (χ1n) is 10.3. The van der Waals surface area contributed by atoms with E-state index in [-0.39, 0.29) is 23.2 Å². The number of amides is 1. The Hall–Kier alpha value is -1.81. The number of thioether (sulfide) groups is 1. The zero-order valence-electron chi connectivity index (χ0n) is 17.7. The van der Waals surface area contributed by atoms with Gasteiger partial charge in [-0.3, -0.25) is 4.79 Å². The van der Waals surface area contributed by atoms with Gasteiger partial charge in [-0.15, -0.1) is 0 Å². The van der Waals surface area contributed by atoms with Gasteiger partial charge in [0, 0.05) is 41.7 Å². The van der Waals surface area contributed by atoms with E-state index in [1.54, 1.807) is 24.3 Å². The molecule has 0 bridgehead atoms. The molecular weight excluding hydrogens is 475 g/mol. The van der Waals surface area contributed by atoms with Crippen molar-refractivity contribution >= 4 is 39.3 Å². The normalized spacial score (nSPS) is 17.2. The summed E-state index contributed by atoms with van der Waals surface area (Å²) < 4.78 is 46.2. The SMILES string of the molecule is COc1ccc(S(=O)(=O)N2CCC[C@H](C(=O)NCCSCc3c(F)cccc3Cl)C2)cc1. The molecule has 1 amide bonds. The zero-order valence-corrected chi connectivity index (χ0v) is 20.1. The Labute approximate surface area is 197 Å². The second-order valence-corrected chi connectivity index (χ2v) is 10.9. The average molecular weight is 501 g/mol. The Morgan fingerprint density at radius 3 is 2.72 bits per heavy atom. The van der Waals surface area contributed by atoms with E-state index >= 15 is 0 Å². The van der Waals surface area contributed by atoms with Crippen LogP contribution in [-0.4, -0.2) is 51.1 Å². The van der Waals surface area contributed by atoms with Crippen LogP contribution in [0.1, 0.15) is 18.4 Å². The number of nitrogens with zero attached hydrogens (tertiary/aromatic N) is 1. The van der Waals surface area contributed by atoms with Crippen LogP contribution in [0.15, 0.2) is 47.4 Å². The van der Waals surface area contributed by atoms with Crippen molar-refractivity contribution in [2.75, 3.05) is 32.5 Å². The van der Waals surface area contributed by atoms with E-state index in [1.807, 2.05) is 0 Å². The van der Waals surface area contributed by atoms with E-state index < -0.39 is 15.9 Å². The standard InChI is InChI=1S/C22H26ClFN2O4S2/c1-30-17-7-9-18(10-8-17)32(28,29)26-12-3-4-16(14-26)22(27)25-11-13-31-15-19-20(23)5-2-6-21(19)24/h2,5-10,16H,3-4,11-15H2,1H3,(H,25,27)/t16-/m0/s1. The van der Waals surface area contributed by atoms with Gasteiger partial charge in [-0.05, 0) is 49.2 Å². The van der Waals surface area contributed by atoms with E-state index in [2.05, 4.69) is 5.32 Å². The predicted molar refractivity (Wildman–Crippen MR) is 125 cm³/mol. The topological polar surface area (TPSA) is 75.7 Å². The van der Waals surface area contributed by atoms with Crippen molar-refractivity contribution in [2.24, 2.45) is 5.92 Å². The van der Waals surface area contributed by atoms with Gasteiger partial charge in [0.15, 0.2) is 0 Å². The van der Waals surface area contributed by atoms with E-state index in [4.69, 9.17) is 16.3 Å². The first-order valence-corrected chi connectivity index (χ1v) is 13.2. The molecule has 1 aliphatic rings. The highest BCUT2D eigenvalue weighted by Crippen LogP contribution is 2.26. The molecule has 0 radical (unpaired) electrons. The summed E-state index contributed by atoms with van der Waals surface area (Å²) in [5.41, 5.74) is 0.456. The molecular formula is C22H26ClFN2O4S2. The molecule has 10 heteroatoms. The molecule has 1 aliphatic heterocycles. The number of carbonyl (C=O) groups is 1. The van der Waals surface area contributed by atoms with E-state index in [1.165, 1.54) is 41.4 Å². The van der Waals surface area contributed by atoms with Gasteiger partial charge in [-0.1, -0.05) is 17.7 Å². The van der Waals surface area contributed by atoms with Crippen molar-refractivity contribution in [3.8, 4) is 5.75 Å². The molecule has 1 N–H and O–H groups in total. The summed E-state index contributed by atoms with van der Waals surface area (Å²) in [7, 11) is -2.16. The molecule has 32 heavy (non-hydrogen) atoms. The Morgan fingerprint density at radius 2 is 2.03 bits per heavy atom. The predicted octanol–water partition coefficient (Wildman–Crippen LogP) is 3.94. The minimum Gasteiger partial charge on any atom is -0.497 e. The quantitative estimate of drug-likeness (QED) is 0.528. The zero-order chi connectivity index (χ0) is 23.1. The third-order valence-electron chi connectivity index (χ3n) is 5.31. The Morgan fingerprint density at radius 1 is 1.28 bits per heavy atom. The van der Waals surface area contributed by atoms with Gasteiger partial charge in [0.2, 0.25) is 15.9 Å². The third-order valence-corrected chi connectivity index (χ3v) is 8.52. The first-order chi connectivity index (χ1) is 15.3. The lowest BCUT2D eigenvalue weighted by Crippen LogP contribution is -2.45. The van der Waals surface area contributed by atoms with Crippen molar-refractivity contribution in [3.63, 3.8) is 0 Å². The lowest BCUT2D eigenvalue weighted by Gasteiger charge is -2.31. The fourth-order valence-electron chi connectivity index (χ4n) is 3.51. The van der Waals surface area contributed by atoms with E-state index in [0.29, 0.717) is 53.8 Å². The number of benzene rings is 2. The number of rotatable bonds is 9. The van der Waals surface area contributed by atoms with Crippen LogP contribution in [-0.2, 0) is 20.6 Å². The van der Waals surface area contributed by atoms with Crippen molar-refractivity contribution in [1.82, 2.24) is 9.62 Å². The molecule has 1 atom stereocenters. The molecule has 2 aromatic carbocycles. The molecule has 1 heterocycles. The van der Waals surface area contributed by atoms with E-state index in [9.17, 15) is 17.6 Å².